The maximum atomic E-state index is 13.0. The maximum Gasteiger partial charge on any atom is 0.410 e. The van der Waals surface area contributed by atoms with Crippen LogP contribution in [0, 0.1) is 11.3 Å². The Morgan fingerprint density at radius 3 is 2.65 bits per heavy atom. The lowest BCUT2D eigenvalue weighted by Crippen LogP contribution is -2.55. The number of ether oxygens (including phenoxy) is 2. The molecular weight excluding hydrogens is 641 g/mol. The molecule has 2 N–H and O–H groups in total. The zero-order valence-electron chi connectivity index (χ0n) is 29.5. The number of likely N-dealkylation sites (N-methyl/N-ethyl adjacent to an activating group) is 1. The Kier molecular flexibility index (Phi) is 8.76. The van der Waals surface area contributed by atoms with Crippen LogP contribution in [-0.4, -0.2) is 88.0 Å². The van der Waals surface area contributed by atoms with Crippen LogP contribution in [0.15, 0.2) is 10.6 Å². The molecule has 0 bridgehead atoms. The summed E-state index contributed by atoms with van der Waals surface area (Å²) >= 11 is 1.54. The topological polar surface area (TPSA) is 147 Å². The van der Waals surface area contributed by atoms with Gasteiger partial charge in [-0.1, -0.05) is 5.16 Å². The van der Waals surface area contributed by atoms with Crippen molar-refractivity contribution in [3.8, 4) is 23.5 Å². The van der Waals surface area contributed by atoms with Crippen molar-refractivity contribution in [1.82, 2.24) is 24.9 Å². The van der Waals surface area contributed by atoms with E-state index in [-0.39, 0.29) is 18.2 Å². The third-order valence-electron chi connectivity index (χ3n) is 10.8. The maximum absolute atomic E-state index is 13.0. The number of carbonyl (C=O) groups is 1. The van der Waals surface area contributed by atoms with Crippen LogP contribution in [-0.2, 0) is 23.0 Å². The summed E-state index contributed by atoms with van der Waals surface area (Å²) < 4.78 is 18.6. The molecule has 7 rings (SSSR count). The van der Waals surface area contributed by atoms with E-state index in [1.807, 2.05) is 33.8 Å². The molecule has 2 aliphatic heterocycles. The summed E-state index contributed by atoms with van der Waals surface area (Å²) in [4.78, 5) is 30.6. The van der Waals surface area contributed by atoms with Crippen LogP contribution >= 0.6 is 11.3 Å². The van der Waals surface area contributed by atoms with Gasteiger partial charge in [-0.25, -0.2) is 9.78 Å². The van der Waals surface area contributed by atoms with Crippen LogP contribution in [0.25, 0.3) is 11.5 Å². The van der Waals surface area contributed by atoms with Crippen LogP contribution in [0.3, 0.4) is 0 Å². The van der Waals surface area contributed by atoms with Crippen LogP contribution in [0.4, 0.5) is 15.6 Å². The molecule has 4 aliphatic rings. The van der Waals surface area contributed by atoms with Gasteiger partial charge in [-0.3, -0.25) is 4.90 Å². The van der Waals surface area contributed by atoms with Crippen molar-refractivity contribution in [2.45, 2.75) is 115 Å². The Morgan fingerprint density at radius 2 is 1.96 bits per heavy atom. The van der Waals surface area contributed by atoms with Gasteiger partial charge in [0.25, 0.3) is 0 Å². The van der Waals surface area contributed by atoms with Gasteiger partial charge in [-0.05, 0) is 105 Å². The number of fused-ring (bicyclic) bond motifs is 4. The van der Waals surface area contributed by atoms with E-state index in [0.717, 1.165) is 80.6 Å². The first-order chi connectivity index (χ1) is 23.4. The Hall–Kier alpha value is -3.89. The summed E-state index contributed by atoms with van der Waals surface area (Å²) in [5.41, 5.74) is 8.64. The van der Waals surface area contributed by atoms with Crippen LogP contribution in [0.5, 0.6) is 5.88 Å². The SMILES string of the molecule is C[C@H](Oc1cc(N2CCN(C(=O)OC(C)(C)C)[C@H](C)C2)nc(-c2noc3c2CCC[C@@]32CCCc3sc(N)c(C#N)c32)n1)[C@@H]1CCCN1C. The third-order valence-corrected chi connectivity index (χ3v) is 11.8. The number of amides is 1. The molecule has 2 fully saturated rings. The van der Waals surface area contributed by atoms with E-state index < -0.39 is 11.0 Å². The van der Waals surface area contributed by atoms with Gasteiger partial charge in [0.05, 0.1) is 11.0 Å². The highest BCUT2D eigenvalue weighted by Crippen LogP contribution is 2.55. The van der Waals surface area contributed by atoms with Gasteiger partial charge in [-0.2, -0.15) is 10.2 Å². The fourth-order valence-electron chi connectivity index (χ4n) is 8.51. The molecular formula is C36H48N8O4S. The summed E-state index contributed by atoms with van der Waals surface area (Å²) in [5.74, 6) is 2.50. The second-order valence-electron chi connectivity index (χ2n) is 15.2. The lowest BCUT2D eigenvalue weighted by Gasteiger charge is -2.40. The fraction of sp³-hybridized carbons (Fsp3) is 0.639. The number of nitriles is 1. The minimum atomic E-state index is -0.563. The lowest BCUT2D eigenvalue weighted by molar-refractivity contribution is 0.0158. The average molecular weight is 689 g/mol. The summed E-state index contributed by atoms with van der Waals surface area (Å²) in [6.07, 6.45) is 7.24. The quantitative estimate of drug-likeness (QED) is 0.341. The van der Waals surface area contributed by atoms with Crippen LogP contribution in [0.2, 0.25) is 0 Å². The van der Waals surface area contributed by atoms with Gasteiger partial charge in [-0.15, -0.1) is 11.3 Å². The molecule has 0 saturated carbocycles. The molecule has 0 unspecified atom stereocenters. The van der Waals surface area contributed by atoms with Crippen molar-refractivity contribution in [2.75, 3.05) is 43.9 Å². The predicted molar refractivity (Wildman–Crippen MR) is 188 cm³/mol. The molecule has 0 aromatic carbocycles. The lowest BCUT2D eigenvalue weighted by atomic mass is 9.63. The Morgan fingerprint density at radius 1 is 1.18 bits per heavy atom. The molecule has 262 valence electrons. The van der Waals surface area contributed by atoms with Gasteiger partial charge in [0.15, 0.2) is 17.3 Å². The normalized spacial score (nSPS) is 24.8. The molecule has 5 heterocycles. The summed E-state index contributed by atoms with van der Waals surface area (Å²) in [7, 11) is 2.15. The van der Waals surface area contributed by atoms with Crippen LogP contribution < -0.4 is 15.4 Å². The van der Waals surface area contributed by atoms with Crippen molar-refractivity contribution < 1.29 is 18.8 Å². The first-order valence-corrected chi connectivity index (χ1v) is 18.5. The minimum Gasteiger partial charge on any atom is -0.473 e. The number of nitrogens with two attached hydrogens (primary N) is 1. The van der Waals surface area contributed by atoms with E-state index >= 15 is 0 Å². The standard InChI is InChI=1S/C36H48N8O4S/c1-21-20-43(16-17-44(21)34(45)47-35(3,4)5)27-18-28(46-22(2)25-11-9-15-42(25)6)40-33(39-27)30-23-10-7-13-36(31(23)48-41-30)14-8-12-26-29(36)24(19-37)32(38)49-26/h18,21-22,25H,7-17,20,38H2,1-6H3/t21-,22+,25+,36+/m1/s1. The highest BCUT2D eigenvalue weighted by molar-refractivity contribution is 7.16. The molecule has 1 spiro atoms. The second-order valence-corrected chi connectivity index (χ2v) is 16.4. The summed E-state index contributed by atoms with van der Waals surface area (Å²) in [5, 5.41) is 15.4. The molecule has 4 atom stereocenters. The number of nitrogen functional groups attached to an aromatic ring is 1. The number of thiophene rings is 1. The zero-order chi connectivity index (χ0) is 34.7. The number of likely N-dealkylation sites (tertiary alicyclic amines) is 1. The van der Waals surface area contributed by atoms with Crippen molar-refractivity contribution in [3.05, 3.63) is 33.4 Å². The van der Waals surface area contributed by atoms with Gasteiger partial charge < -0.3 is 29.5 Å². The van der Waals surface area contributed by atoms with Gasteiger partial charge in [0, 0.05) is 48.2 Å². The van der Waals surface area contributed by atoms with Crippen molar-refractivity contribution in [2.24, 2.45) is 0 Å². The van der Waals surface area contributed by atoms with E-state index in [1.165, 1.54) is 16.2 Å². The largest absolute Gasteiger partial charge is 0.473 e. The van der Waals surface area contributed by atoms with Crippen molar-refractivity contribution >= 4 is 28.2 Å². The molecule has 0 radical (unpaired) electrons. The molecule has 1 amide bonds. The average Bonchev–Trinajstić information content (AvgIpc) is 3.77. The number of hydrogen-bond donors (Lipinski definition) is 1. The fourth-order valence-corrected chi connectivity index (χ4v) is 9.67. The van der Waals surface area contributed by atoms with Gasteiger partial charge >= 0.3 is 6.09 Å². The van der Waals surface area contributed by atoms with E-state index in [4.69, 9.17) is 29.7 Å². The number of carbonyl (C=O) groups excluding carboxylic acids is 1. The predicted octanol–water partition coefficient (Wildman–Crippen LogP) is 5.91. The Labute approximate surface area is 292 Å². The number of rotatable bonds is 5. The molecule has 2 aliphatic carbocycles. The van der Waals surface area contributed by atoms with E-state index in [1.54, 1.807) is 4.90 Å². The minimum absolute atomic E-state index is 0.0744. The molecule has 3 aromatic heterocycles. The zero-order valence-corrected chi connectivity index (χ0v) is 30.4. The Bertz CT molecular complexity index is 1770. The molecule has 49 heavy (non-hydrogen) atoms. The van der Waals surface area contributed by atoms with Gasteiger partial charge in [0.1, 0.15) is 28.6 Å². The first kappa shape index (κ1) is 33.6. The Balaban J connectivity index is 1.25. The molecule has 2 saturated heterocycles. The van der Waals surface area contributed by atoms with Crippen molar-refractivity contribution in [1.29, 1.82) is 5.26 Å². The monoisotopic (exact) mass is 688 g/mol. The molecule has 13 heteroatoms. The van der Waals surface area contributed by atoms with Gasteiger partial charge in [0.2, 0.25) is 5.88 Å². The number of hydrogen-bond acceptors (Lipinski definition) is 12. The first-order valence-electron chi connectivity index (χ1n) is 17.7. The number of aromatic nitrogens is 3. The summed E-state index contributed by atoms with van der Waals surface area (Å²) in [6, 6.07) is 4.53. The second kappa shape index (κ2) is 12.8. The third kappa shape index (κ3) is 6.11. The number of anilines is 2. The number of piperazine rings is 1. The smallest absolute Gasteiger partial charge is 0.410 e. The van der Waals surface area contributed by atoms with E-state index in [0.29, 0.717) is 53.6 Å². The van der Waals surface area contributed by atoms with E-state index in [2.05, 4.69) is 35.0 Å². The van der Waals surface area contributed by atoms with E-state index in [9.17, 15) is 10.1 Å². The molecule has 3 aromatic rings. The van der Waals surface area contributed by atoms with Crippen LogP contribution in [0.1, 0.15) is 100 Å². The highest BCUT2D eigenvalue weighted by Gasteiger charge is 2.49. The highest BCUT2D eigenvalue weighted by atomic mass is 32.1. The number of nitrogens with zero attached hydrogens (tertiary/aromatic N) is 7. The van der Waals surface area contributed by atoms with Crippen molar-refractivity contribution in [3.63, 3.8) is 0 Å². The summed E-state index contributed by atoms with van der Waals surface area (Å²) in [6.45, 7) is 12.5. The molecule has 12 nitrogen and oxygen atoms in total. The number of aryl methyl sites for hydroxylation is 1.